The number of hydrogen-bond donors (Lipinski definition) is 0. The first-order valence-corrected chi connectivity index (χ1v) is 9.75. The summed E-state index contributed by atoms with van der Waals surface area (Å²) < 4.78 is 18.0. The Morgan fingerprint density at radius 1 is 1.12 bits per heavy atom. The molecule has 0 amide bonds. The van der Waals surface area contributed by atoms with Crippen LogP contribution in [0.5, 0.6) is 5.75 Å². The van der Waals surface area contributed by atoms with Gasteiger partial charge in [0.1, 0.15) is 5.75 Å². The molecule has 0 saturated carbocycles. The Morgan fingerprint density at radius 2 is 1.92 bits per heavy atom. The number of fused-ring (bicyclic) bond motifs is 2. The highest BCUT2D eigenvalue weighted by molar-refractivity contribution is 6.31. The summed E-state index contributed by atoms with van der Waals surface area (Å²) in [7, 11) is 0. The second-order valence-corrected chi connectivity index (χ2v) is 7.91. The van der Waals surface area contributed by atoms with Crippen LogP contribution in [-0.2, 0) is 21.7 Å². The summed E-state index contributed by atoms with van der Waals surface area (Å²) in [5, 5.41) is 0.774. The quantitative estimate of drug-likeness (QED) is 0.696. The molecule has 2 aliphatic heterocycles. The summed E-state index contributed by atoms with van der Waals surface area (Å²) in [6, 6.07) is 14.3. The van der Waals surface area contributed by atoms with Crippen LogP contribution < -0.4 is 4.74 Å². The fourth-order valence-electron chi connectivity index (χ4n) is 3.99. The van der Waals surface area contributed by atoms with Crippen molar-refractivity contribution in [3.8, 4) is 5.75 Å². The second-order valence-electron chi connectivity index (χ2n) is 7.51. The Bertz CT molecular complexity index is 788. The molecule has 2 atom stereocenters. The smallest absolute Gasteiger partial charge is 0.195 e. The molecular formula is C22H25ClO3. The molecule has 4 heteroatoms. The van der Waals surface area contributed by atoms with Gasteiger partial charge in [0, 0.05) is 17.0 Å². The van der Waals surface area contributed by atoms with Crippen LogP contribution in [-0.4, -0.2) is 18.8 Å². The van der Waals surface area contributed by atoms with Gasteiger partial charge in [-0.3, -0.25) is 0 Å². The highest BCUT2D eigenvalue weighted by Gasteiger charge is 2.52. The minimum absolute atomic E-state index is 0.160. The molecule has 26 heavy (non-hydrogen) atoms. The van der Waals surface area contributed by atoms with E-state index in [4.69, 9.17) is 25.8 Å². The Morgan fingerprint density at radius 3 is 2.69 bits per heavy atom. The molecule has 2 heterocycles. The zero-order chi connectivity index (χ0) is 18.2. The van der Waals surface area contributed by atoms with E-state index in [0.29, 0.717) is 13.2 Å². The number of hydrogen-bond acceptors (Lipinski definition) is 3. The van der Waals surface area contributed by atoms with E-state index in [-0.39, 0.29) is 5.60 Å². The highest BCUT2D eigenvalue weighted by atomic mass is 35.5. The van der Waals surface area contributed by atoms with Gasteiger partial charge in [-0.2, -0.15) is 0 Å². The third kappa shape index (κ3) is 3.36. The van der Waals surface area contributed by atoms with Crippen molar-refractivity contribution >= 4 is 11.6 Å². The number of rotatable bonds is 5. The summed E-state index contributed by atoms with van der Waals surface area (Å²) in [5.74, 6) is 0.287. The van der Waals surface area contributed by atoms with Gasteiger partial charge in [0.05, 0.1) is 18.8 Å². The summed E-state index contributed by atoms with van der Waals surface area (Å²) in [6.07, 6.45) is 3.84. The molecule has 2 bridgehead atoms. The molecule has 138 valence electrons. The van der Waals surface area contributed by atoms with Gasteiger partial charge in [-0.1, -0.05) is 29.8 Å². The zero-order valence-electron chi connectivity index (χ0n) is 15.4. The normalized spacial score (nSPS) is 27.5. The Labute approximate surface area is 160 Å². The first kappa shape index (κ1) is 17.8. The van der Waals surface area contributed by atoms with Crippen molar-refractivity contribution in [3.63, 3.8) is 0 Å². The molecule has 0 N–H and O–H groups in total. The van der Waals surface area contributed by atoms with Crippen molar-refractivity contribution in [1.29, 1.82) is 0 Å². The van der Waals surface area contributed by atoms with Crippen molar-refractivity contribution < 1.29 is 14.2 Å². The Kier molecular flexibility index (Phi) is 4.72. The summed E-state index contributed by atoms with van der Waals surface area (Å²) in [5.41, 5.74) is 3.21. The maximum Gasteiger partial charge on any atom is 0.195 e. The maximum atomic E-state index is 6.49. The van der Waals surface area contributed by atoms with E-state index in [1.807, 2.05) is 31.2 Å². The lowest BCUT2D eigenvalue weighted by atomic mass is 9.90. The predicted molar refractivity (Wildman–Crippen MR) is 103 cm³/mol. The number of ether oxygens (including phenoxy) is 3. The van der Waals surface area contributed by atoms with Gasteiger partial charge >= 0.3 is 0 Å². The standard InChI is InChI=1S/C22H25ClO3/c1-3-24-19-8-5-16(6-9-19)13-17-14-18(7-10-20(17)23)22-12-4-11-21(2,26-22)15-25-22/h5-10,14H,3-4,11-13,15H2,1-2H3/t21-,22-/m1/s1. The number of halogens is 1. The van der Waals surface area contributed by atoms with Crippen LogP contribution in [0.15, 0.2) is 42.5 Å². The summed E-state index contributed by atoms with van der Waals surface area (Å²) in [6.45, 7) is 5.46. The van der Waals surface area contributed by atoms with Gasteiger partial charge < -0.3 is 14.2 Å². The van der Waals surface area contributed by atoms with E-state index >= 15 is 0 Å². The van der Waals surface area contributed by atoms with Crippen LogP contribution >= 0.6 is 11.6 Å². The van der Waals surface area contributed by atoms with Crippen molar-refractivity contribution in [3.05, 3.63) is 64.2 Å². The molecule has 2 aromatic carbocycles. The second kappa shape index (κ2) is 6.88. The molecule has 3 nitrogen and oxygen atoms in total. The number of benzene rings is 2. The molecule has 2 saturated heterocycles. The van der Waals surface area contributed by atoms with E-state index in [1.165, 1.54) is 5.56 Å². The van der Waals surface area contributed by atoms with E-state index in [1.54, 1.807) is 0 Å². The predicted octanol–water partition coefficient (Wildman–Crippen LogP) is 5.47. The fourth-order valence-corrected chi connectivity index (χ4v) is 4.18. The van der Waals surface area contributed by atoms with Crippen molar-refractivity contribution in [2.45, 2.75) is 50.9 Å². The molecule has 0 spiro atoms. The van der Waals surface area contributed by atoms with Gasteiger partial charge in [0.25, 0.3) is 0 Å². The minimum atomic E-state index is -0.606. The molecule has 0 aliphatic carbocycles. The van der Waals surface area contributed by atoms with Crippen LogP contribution in [0.1, 0.15) is 49.8 Å². The van der Waals surface area contributed by atoms with E-state index < -0.39 is 5.79 Å². The van der Waals surface area contributed by atoms with Gasteiger partial charge in [0.2, 0.25) is 0 Å². The first-order chi connectivity index (χ1) is 12.5. The molecular weight excluding hydrogens is 348 g/mol. The van der Waals surface area contributed by atoms with Crippen LogP contribution in [0.2, 0.25) is 5.02 Å². The Hall–Kier alpha value is -1.55. The van der Waals surface area contributed by atoms with Gasteiger partial charge in [-0.25, -0.2) is 0 Å². The fraction of sp³-hybridized carbons (Fsp3) is 0.455. The van der Waals surface area contributed by atoms with Gasteiger partial charge in [-0.15, -0.1) is 0 Å². The lowest BCUT2D eigenvalue weighted by Gasteiger charge is -2.36. The summed E-state index contributed by atoms with van der Waals surface area (Å²) in [4.78, 5) is 0. The third-order valence-corrected chi connectivity index (χ3v) is 5.72. The lowest BCUT2D eigenvalue weighted by molar-refractivity contribution is -0.217. The van der Waals surface area contributed by atoms with Crippen molar-refractivity contribution in [2.24, 2.45) is 0 Å². The average molecular weight is 373 g/mol. The van der Waals surface area contributed by atoms with Crippen molar-refractivity contribution in [2.75, 3.05) is 13.2 Å². The monoisotopic (exact) mass is 372 g/mol. The van der Waals surface area contributed by atoms with E-state index in [2.05, 4.69) is 25.1 Å². The van der Waals surface area contributed by atoms with Crippen LogP contribution in [0.3, 0.4) is 0 Å². The topological polar surface area (TPSA) is 27.7 Å². The van der Waals surface area contributed by atoms with E-state index in [9.17, 15) is 0 Å². The molecule has 4 rings (SSSR count). The van der Waals surface area contributed by atoms with Crippen LogP contribution in [0.4, 0.5) is 0 Å². The lowest BCUT2D eigenvalue weighted by Crippen LogP contribution is -2.37. The molecule has 2 aliphatic rings. The SMILES string of the molecule is CCOc1ccc(Cc2cc([C@]34CCC[C@](C)(CO3)O4)ccc2Cl)cc1. The van der Waals surface area contributed by atoms with Crippen molar-refractivity contribution in [1.82, 2.24) is 0 Å². The third-order valence-electron chi connectivity index (χ3n) is 5.35. The largest absolute Gasteiger partial charge is 0.494 e. The maximum absolute atomic E-state index is 6.49. The van der Waals surface area contributed by atoms with Gasteiger partial charge in [-0.05, 0) is 68.5 Å². The molecule has 0 radical (unpaired) electrons. The molecule has 0 aromatic heterocycles. The zero-order valence-corrected chi connectivity index (χ0v) is 16.1. The average Bonchev–Trinajstić information content (AvgIpc) is 2.88. The summed E-state index contributed by atoms with van der Waals surface area (Å²) >= 11 is 6.49. The molecule has 2 fully saturated rings. The first-order valence-electron chi connectivity index (χ1n) is 9.37. The molecule has 0 unspecified atom stereocenters. The van der Waals surface area contributed by atoms with Gasteiger partial charge in [0.15, 0.2) is 5.79 Å². The minimum Gasteiger partial charge on any atom is -0.494 e. The van der Waals surface area contributed by atoms with E-state index in [0.717, 1.165) is 47.6 Å². The highest BCUT2D eigenvalue weighted by Crippen LogP contribution is 2.49. The van der Waals surface area contributed by atoms with Crippen LogP contribution in [0, 0.1) is 0 Å². The Balaban J connectivity index is 1.59. The van der Waals surface area contributed by atoms with Crippen LogP contribution in [0.25, 0.3) is 0 Å². The molecule has 2 aromatic rings.